The first kappa shape index (κ1) is 16.9. The van der Waals surface area contributed by atoms with Crippen LogP contribution in [0.3, 0.4) is 0 Å². The summed E-state index contributed by atoms with van der Waals surface area (Å²) < 4.78 is 0. The number of carbonyl (C=O) groups excluding carboxylic acids is 1. The van der Waals surface area contributed by atoms with Crippen molar-refractivity contribution in [1.82, 2.24) is 0 Å². The zero-order valence-electron chi connectivity index (χ0n) is 14.3. The summed E-state index contributed by atoms with van der Waals surface area (Å²) >= 11 is 0. The second-order valence-electron chi connectivity index (χ2n) is 6.43. The van der Waals surface area contributed by atoms with Crippen LogP contribution in [0.2, 0.25) is 0 Å². The van der Waals surface area contributed by atoms with E-state index in [1.165, 1.54) is 0 Å². The van der Waals surface area contributed by atoms with Gasteiger partial charge in [0.25, 0.3) is 0 Å². The predicted octanol–water partition coefficient (Wildman–Crippen LogP) is 4.77. The average molecular weight is 332 g/mol. The molecule has 1 aromatic carbocycles. The zero-order chi connectivity index (χ0) is 18.0. The SMILES string of the molecule is CC(C)c1c(CC(=O)O)c2cccccc-2c1C(=O)c1ccccc1. The standard InChI is InChI=1S/C22H20O3/c1-14(2)20-18(13-19(23)24)16-11-7-4-8-12-17(16)21(20)22(25)15-9-5-3-6-10-15/h3-12,14H,13H2,1-2H3,(H,23,24). The highest BCUT2D eigenvalue weighted by Crippen LogP contribution is 2.41. The number of fused-ring (bicyclic) bond motifs is 1. The van der Waals surface area contributed by atoms with Gasteiger partial charge in [-0.1, -0.05) is 74.5 Å². The number of aliphatic carboxylic acids is 1. The van der Waals surface area contributed by atoms with Crippen LogP contribution in [0, 0.1) is 0 Å². The molecule has 0 bridgehead atoms. The summed E-state index contributed by atoms with van der Waals surface area (Å²) in [4.78, 5) is 24.7. The van der Waals surface area contributed by atoms with Gasteiger partial charge in [0.05, 0.1) is 6.42 Å². The van der Waals surface area contributed by atoms with Crippen LogP contribution in [0.25, 0.3) is 11.1 Å². The van der Waals surface area contributed by atoms with E-state index in [0.29, 0.717) is 11.1 Å². The summed E-state index contributed by atoms with van der Waals surface area (Å²) in [7, 11) is 0. The van der Waals surface area contributed by atoms with Crippen LogP contribution in [0.1, 0.15) is 46.8 Å². The van der Waals surface area contributed by atoms with E-state index in [1.807, 2.05) is 62.4 Å². The van der Waals surface area contributed by atoms with E-state index in [4.69, 9.17) is 0 Å². The molecule has 0 saturated carbocycles. The van der Waals surface area contributed by atoms with Crippen LogP contribution < -0.4 is 0 Å². The summed E-state index contributed by atoms with van der Waals surface area (Å²) in [5.74, 6) is -0.897. The Morgan fingerprint density at radius 3 is 2.00 bits per heavy atom. The third kappa shape index (κ3) is 3.18. The van der Waals surface area contributed by atoms with Gasteiger partial charge in [0.2, 0.25) is 0 Å². The number of benzene rings is 1. The Labute approximate surface area is 147 Å². The Kier molecular flexibility index (Phi) is 4.66. The predicted molar refractivity (Wildman–Crippen MR) is 98.4 cm³/mol. The summed E-state index contributed by atoms with van der Waals surface area (Å²) in [6.45, 7) is 4.00. The lowest BCUT2D eigenvalue weighted by Crippen LogP contribution is -2.08. The maximum atomic E-state index is 13.2. The molecule has 25 heavy (non-hydrogen) atoms. The van der Waals surface area contributed by atoms with Gasteiger partial charge in [-0.05, 0) is 28.2 Å². The Morgan fingerprint density at radius 1 is 0.880 bits per heavy atom. The van der Waals surface area contributed by atoms with Gasteiger partial charge in [0.15, 0.2) is 5.78 Å². The quantitative estimate of drug-likeness (QED) is 0.685. The molecule has 0 atom stereocenters. The van der Waals surface area contributed by atoms with Crippen LogP contribution in [0.5, 0.6) is 0 Å². The van der Waals surface area contributed by atoms with Gasteiger partial charge in [-0.2, -0.15) is 0 Å². The smallest absolute Gasteiger partial charge is 0.307 e. The lowest BCUT2D eigenvalue weighted by molar-refractivity contribution is -0.136. The van der Waals surface area contributed by atoms with E-state index < -0.39 is 5.97 Å². The largest absolute Gasteiger partial charge is 0.481 e. The van der Waals surface area contributed by atoms with Crippen molar-refractivity contribution in [3.8, 4) is 11.1 Å². The number of carbonyl (C=O) groups is 2. The van der Waals surface area contributed by atoms with E-state index in [-0.39, 0.29) is 18.1 Å². The molecule has 2 aliphatic rings. The van der Waals surface area contributed by atoms with Crippen molar-refractivity contribution in [3.05, 3.63) is 82.9 Å². The van der Waals surface area contributed by atoms with Gasteiger partial charge in [-0.25, -0.2) is 0 Å². The van der Waals surface area contributed by atoms with Gasteiger partial charge >= 0.3 is 5.97 Å². The minimum Gasteiger partial charge on any atom is -0.481 e. The monoisotopic (exact) mass is 332 g/mol. The molecule has 0 aromatic heterocycles. The molecule has 1 aromatic rings. The van der Waals surface area contributed by atoms with Crippen molar-refractivity contribution >= 4 is 11.8 Å². The molecular weight excluding hydrogens is 312 g/mol. The normalized spacial score (nSPS) is 11.0. The second-order valence-corrected chi connectivity index (χ2v) is 6.43. The van der Waals surface area contributed by atoms with Gasteiger partial charge in [-0.15, -0.1) is 0 Å². The molecule has 0 unspecified atom stereocenters. The van der Waals surface area contributed by atoms with Crippen LogP contribution in [-0.4, -0.2) is 16.9 Å². The summed E-state index contributed by atoms with van der Waals surface area (Å²) in [6.07, 6.45) is -0.0872. The number of carboxylic acids is 1. The lowest BCUT2D eigenvalue weighted by Gasteiger charge is -2.11. The topological polar surface area (TPSA) is 54.4 Å². The number of rotatable bonds is 5. The first-order chi connectivity index (χ1) is 12.0. The van der Waals surface area contributed by atoms with Crippen molar-refractivity contribution in [2.45, 2.75) is 26.2 Å². The first-order valence-electron chi connectivity index (χ1n) is 8.35. The third-order valence-corrected chi connectivity index (χ3v) is 4.40. The lowest BCUT2D eigenvalue weighted by atomic mass is 9.92. The highest BCUT2D eigenvalue weighted by molar-refractivity contribution is 6.15. The van der Waals surface area contributed by atoms with Crippen molar-refractivity contribution in [3.63, 3.8) is 0 Å². The fraction of sp³-hybridized carbons (Fsp3) is 0.182. The molecule has 126 valence electrons. The molecule has 0 saturated heterocycles. The number of ketones is 1. The van der Waals surface area contributed by atoms with Crippen molar-refractivity contribution in [2.24, 2.45) is 0 Å². The molecule has 0 amide bonds. The fourth-order valence-corrected chi connectivity index (χ4v) is 3.43. The van der Waals surface area contributed by atoms with E-state index in [1.54, 1.807) is 12.1 Å². The molecule has 0 spiro atoms. The summed E-state index contributed by atoms with van der Waals surface area (Å²) in [5, 5.41) is 9.38. The molecule has 3 heteroatoms. The number of hydrogen-bond donors (Lipinski definition) is 1. The van der Waals surface area contributed by atoms with Gasteiger partial charge in [-0.3, -0.25) is 9.59 Å². The van der Waals surface area contributed by atoms with Crippen LogP contribution in [-0.2, 0) is 11.2 Å². The molecule has 1 N–H and O–H groups in total. The Balaban J connectivity index is 2.33. The van der Waals surface area contributed by atoms with Crippen LogP contribution in [0.15, 0.2) is 60.7 Å². The Bertz CT molecular complexity index is 895. The summed E-state index contributed by atoms with van der Waals surface area (Å²) in [5.41, 5.74) is 4.49. The third-order valence-electron chi connectivity index (χ3n) is 4.40. The molecule has 0 radical (unpaired) electrons. The average Bonchev–Trinajstić information content (AvgIpc) is 2.74. The molecule has 3 rings (SSSR count). The Hall–Kier alpha value is -2.94. The van der Waals surface area contributed by atoms with E-state index in [9.17, 15) is 14.7 Å². The van der Waals surface area contributed by atoms with Crippen LogP contribution >= 0.6 is 0 Å². The number of hydrogen-bond acceptors (Lipinski definition) is 2. The highest BCUT2D eigenvalue weighted by atomic mass is 16.4. The van der Waals surface area contributed by atoms with Crippen molar-refractivity contribution in [2.75, 3.05) is 0 Å². The van der Waals surface area contributed by atoms with E-state index in [2.05, 4.69) is 0 Å². The highest BCUT2D eigenvalue weighted by Gasteiger charge is 2.29. The number of carboxylic acid groups (broad SMARTS) is 1. The maximum absolute atomic E-state index is 13.2. The first-order valence-corrected chi connectivity index (χ1v) is 8.35. The van der Waals surface area contributed by atoms with E-state index >= 15 is 0 Å². The zero-order valence-corrected chi connectivity index (χ0v) is 14.3. The molecule has 2 aliphatic carbocycles. The minimum atomic E-state index is -0.890. The molecule has 0 aliphatic heterocycles. The van der Waals surface area contributed by atoms with Gasteiger partial charge in [0.1, 0.15) is 0 Å². The second kappa shape index (κ2) is 6.89. The van der Waals surface area contributed by atoms with Gasteiger partial charge in [0, 0.05) is 11.1 Å². The van der Waals surface area contributed by atoms with Crippen molar-refractivity contribution in [1.29, 1.82) is 0 Å². The molecule has 0 heterocycles. The fourth-order valence-electron chi connectivity index (χ4n) is 3.43. The minimum absolute atomic E-state index is 0.0507. The Morgan fingerprint density at radius 2 is 1.44 bits per heavy atom. The molecular formula is C22H20O3. The molecule has 3 nitrogen and oxygen atoms in total. The maximum Gasteiger partial charge on any atom is 0.307 e. The summed E-state index contributed by atoms with van der Waals surface area (Å²) in [6, 6.07) is 18.6. The van der Waals surface area contributed by atoms with E-state index in [0.717, 1.165) is 22.3 Å². The van der Waals surface area contributed by atoms with Crippen molar-refractivity contribution < 1.29 is 14.7 Å². The van der Waals surface area contributed by atoms with Crippen LogP contribution in [0.4, 0.5) is 0 Å². The molecule has 0 fully saturated rings. The van der Waals surface area contributed by atoms with Gasteiger partial charge < -0.3 is 5.11 Å².